The zero-order chi connectivity index (χ0) is 24.1. The molecule has 1 aliphatic heterocycles. The molecule has 2 aromatic rings. The van der Waals surface area contributed by atoms with E-state index in [0.717, 1.165) is 48.1 Å². The number of amides is 1. The number of ether oxygens (including phenoxy) is 1. The lowest BCUT2D eigenvalue weighted by atomic mass is 10.0. The molecule has 1 fully saturated rings. The Hall–Kier alpha value is -3.13. The number of piperazine rings is 1. The van der Waals surface area contributed by atoms with Crippen molar-refractivity contribution in [2.45, 2.75) is 32.9 Å². The lowest BCUT2D eigenvalue weighted by Crippen LogP contribution is -2.58. The molecule has 0 aliphatic carbocycles. The van der Waals surface area contributed by atoms with E-state index in [1.807, 2.05) is 50.3 Å². The molecule has 0 spiro atoms. The molecule has 1 saturated heterocycles. The molecule has 1 N–H and O–H groups in total. The second kappa shape index (κ2) is 10.7. The summed E-state index contributed by atoms with van der Waals surface area (Å²) in [6, 6.07) is 8.17. The molecule has 0 aromatic carbocycles. The predicted octanol–water partition coefficient (Wildman–Crippen LogP) is 2.97. The Morgan fingerprint density at radius 1 is 1.27 bits per heavy atom. The minimum Gasteiger partial charge on any atom is -0.491 e. The van der Waals surface area contributed by atoms with Gasteiger partial charge < -0.3 is 24.8 Å². The van der Waals surface area contributed by atoms with Crippen LogP contribution in [0.1, 0.15) is 32.0 Å². The summed E-state index contributed by atoms with van der Waals surface area (Å²) >= 11 is 0. The van der Waals surface area contributed by atoms with Crippen LogP contribution in [0.2, 0.25) is 0 Å². The highest BCUT2D eigenvalue weighted by Gasteiger charge is 2.31. The van der Waals surface area contributed by atoms with E-state index in [-0.39, 0.29) is 18.0 Å². The minimum absolute atomic E-state index is 0.115. The standard InChI is InChI=1S/C25H36N6O2/c1-17-15-30(16-18(2)31(17)20(4)32)24-10-8-9-23(28-24)19(3)22-13-21(14-27-25(22)26-5)33-12-11-29(6)7/h8-10,13-14,17-18H,3,11-12,15-16H2,1-2,4-7H3,(H,26,27)/t17-,18?/m0/s1. The first-order valence-electron chi connectivity index (χ1n) is 11.4. The number of nitrogens with one attached hydrogen (secondary N) is 1. The summed E-state index contributed by atoms with van der Waals surface area (Å²) in [7, 11) is 5.87. The van der Waals surface area contributed by atoms with E-state index in [4.69, 9.17) is 9.72 Å². The second-order valence-corrected chi connectivity index (χ2v) is 8.86. The van der Waals surface area contributed by atoms with Gasteiger partial charge in [-0.1, -0.05) is 12.6 Å². The van der Waals surface area contributed by atoms with Crippen LogP contribution in [0.25, 0.3) is 5.57 Å². The molecule has 1 unspecified atom stereocenters. The molecule has 33 heavy (non-hydrogen) atoms. The maximum atomic E-state index is 12.0. The fraction of sp³-hybridized carbons (Fsp3) is 0.480. The van der Waals surface area contributed by atoms with Crippen molar-refractivity contribution in [3.8, 4) is 5.75 Å². The van der Waals surface area contributed by atoms with Gasteiger partial charge in [0.25, 0.3) is 0 Å². The summed E-state index contributed by atoms with van der Waals surface area (Å²) in [5, 5.41) is 3.14. The lowest BCUT2D eigenvalue weighted by molar-refractivity contribution is -0.133. The summed E-state index contributed by atoms with van der Waals surface area (Å²) in [4.78, 5) is 27.7. The molecule has 1 amide bonds. The van der Waals surface area contributed by atoms with E-state index >= 15 is 0 Å². The van der Waals surface area contributed by atoms with Gasteiger partial charge in [-0.2, -0.15) is 0 Å². The van der Waals surface area contributed by atoms with Crippen LogP contribution in [-0.2, 0) is 4.79 Å². The van der Waals surface area contributed by atoms with Crippen LogP contribution in [0.15, 0.2) is 37.0 Å². The highest BCUT2D eigenvalue weighted by Crippen LogP contribution is 2.30. The van der Waals surface area contributed by atoms with E-state index in [0.29, 0.717) is 12.4 Å². The second-order valence-electron chi connectivity index (χ2n) is 8.86. The number of anilines is 2. The normalized spacial score (nSPS) is 18.4. The van der Waals surface area contributed by atoms with Gasteiger partial charge in [-0.05, 0) is 46.1 Å². The number of hydrogen-bond donors (Lipinski definition) is 1. The van der Waals surface area contributed by atoms with Crippen LogP contribution in [0.4, 0.5) is 11.6 Å². The highest BCUT2D eigenvalue weighted by molar-refractivity contribution is 5.83. The quantitative estimate of drug-likeness (QED) is 0.660. The average molecular weight is 453 g/mol. The van der Waals surface area contributed by atoms with E-state index in [1.165, 1.54) is 0 Å². The maximum absolute atomic E-state index is 12.0. The third kappa shape index (κ3) is 5.82. The highest BCUT2D eigenvalue weighted by atomic mass is 16.5. The van der Waals surface area contributed by atoms with Gasteiger partial charge in [0, 0.05) is 56.8 Å². The fourth-order valence-corrected chi connectivity index (χ4v) is 4.34. The Balaban J connectivity index is 1.83. The monoisotopic (exact) mass is 452 g/mol. The molecule has 0 saturated carbocycles. The molecule has 3 rings (SSSR count). The van der Waals surface area contributed by atoms with E-state index < -0.39 is 0 Å². The van der Waals surface area contributed by atoms with Crippen molar-refractivity contribution >= 4 is 23.1 Å². The minimum atomic E-state index is 0.115. The van der Waals surface area contributed by atoms with Crippen LogP contribution in [-0.4, -0.2) is 85.1 Å². The maximum Gasteiger partial charge on any atom is 0.220 e. The summed E-state index contributed by atoms with van der Waals surface area (Å²) in [5.41, 5.74) is 2.41. The molecule has 1 aliphatic rings. The lowest BCUT2D eigenvalue weighted by Gasteiger charge is -2.44. The fourth-order valence-electron chi connectivity index (χ4n) is 4.34. The van der Waals surface area contributed by atoms with Gasteiger partial charge >= 0.3 is 0 Å². The molecule has 8 nitrogen and oxygen atoms in total. The number of carbonyl (C=O) groups excluding carboxylic acids is 1. The van der Waals surface area contributed by atoms with E-state index in [9.17, 15) is 4.79 Å². The van der Waals surface area contributed by atoms with E-state index in [1.54, 1.807) is 13.1 Å². The number of likely N-dealkylation sites (N-methyl/N-ethyl adjacent to an activating group) is 1. The van der Waals surface area contributed by atoms with Crippen LogP contribution in [0.3, 0.4) is 0 Å². The van der Waals surface area contributed by atoms with Gasteiger partial charge in [0.05, 0.1) is 11.9 Å². The molecule has 3 heterocycles. The first kappa shape index (κ1) is 24.5. The van der Waals surface area contributed by atoms with E-state index in [2.05, 4.69) is 40.5 Å². The number of aromatic nitrogens is 2. The van der Waals surface area contributed by atoms with Gasteiger partial charge in [0.15, 0.2) is 0 Å². The largest absolute Gasteiger partial charge is 0.491 e. The smallest absolute Gasteiger partial charge is 0.220 e. The van der Waals surface area contributed by atoms with Crippen LogP contribution >= 0.6 is 0 Å². The van der Waals surface area contributed by atoms with Crippen molar-refractivity contribution in [2.75, 3.05) is 57.6 Å². The van der Waals surface area contributed by atoms with Gasteiger partial charge in [0.1, 0.15) is 24.0 Å². The predicted molar refractivity (Wildman–Crippen MR) is 134 cm³/mol. The molecule has 0 radical (unpaired) electrons. The zero-order valence-corrected chi connectivity index (χ0v) is 20.6. The summed E-state index contributed by atoms with van der Waals surface area (Å²) in [5.74, 6) is 2.42. The van der Waals surface area contributed by atoms with Crippen molar-refractivity contribution in [1.82, 2.24) is 19.8 Å². The Morgan fingerprint density at radius 3 is 2.58 bits per heavy atom. The van der Waals surface area contributed by atoms with Crippen LogP contribution in [0.5, 0.6) is 5.75 Å². The first-order chi connectivity index (χ1) is 15.7. The molecular formula is C25H36N6O2. The number of rotatable bonds is 8. The summed E-state index contributed by atoms with van der Waals surface area (Å²) < 4.78 is 5.88. The van der Waals surface area contributed by atoms with Gasteiger partial charge in [-0.3, -0.25) is 4.79 Å². The third-order valence-electron chi connectivity index (χ3n) is 5.88. The third-order valence-corrected chi connectivity index (χ3v) is 5.88. The Kier molecular flexibility index (Phi) is 7.92. The Morgan fingerprint density at radius 2 is 1.97 bits per heavy atom. The number of nitrogens with zero attached hydrogens (tertiary/aromatic N) is 5. The molecular weight excluding hydrogens is 416 g/mol. The van der Waals surface area contributed by atoms with Crippen molar-refractivity contribution in [3.63, 3.8) is 0 Å². The molecule has 0 bridgehead atoms. The zero-order valence-electron chi connectivity index (χ0n) is 20.6. The Labute approximate surface area is 197 Å². The summed E-state index contributed by atoms with van der Waals surface area (Å²) in [6.07, 6.45) is 1.72. The van der Waals surface area contributed by atoms with Crippen LogP contribution in [0, 0.1) is 0 Å². The van der Waals surface area contributed by atoms with Crippen molar-refractivity contribution in [1.29, 1.82) is 0 Å². The molecule has 178 valence electrons. The first-order valence-corrected chi connectivity index (χ1v) is 11.4. The average Bonchev–Trinajstić information content (AvgIpc) is 2.77. The van der Waals surface area contributed by atoms with Gasteiger partial charge in [-0.25, -0.2) is 9.97 Å². The summed E-state index contributed by atoms with van der Waals surface area (Å²) in [6.45, 7) is 13.0. The molecule has 8 heteroatoms. The number of pyridine rings is 2. The van der Waals surface area contributed by atoms with Crippen molar-refractivity contribution < 1.29 is 9.53 Å². The Bertz CT molecular complexity index is 981. The SMILES string of the molecule is C=C(c1cccc(N2CC(C)N(C(C)=O)[C@@H](C)C2)n1)c1cc(OCCN(C)C)cnc1NC. The van der Waals surface area contributed by atoms with Crippen molar-refractivity contribution in [2.24, 2.45) is 0 Å². The number of hydrogen-bond acceptors (Lipinski definition) is 7. The number of carbonyl (C=O) groups is 1. The van der Waals surface area contributed by atoms with Gasteiger partial charge in [0.2, 0.25) is 5.91 Å². The molecule has 2 aromatic heterocycles. The topological polar surface area (TPSA) is 73.8 Å². The molecule has 2 atom stereocenters. The van der Waals surface area contributed by atoms with Gasteiger partial charge in [-0.15, -0.1) is 0 Å². The van der Waals surface area contributed by atoms with Crippen molar-refractivity contribution in [3.05, 3.63) is 48.3 Å². The van der Waals surface area contributed by atoms with Crippen LogP contribution < -0.4 is 15.0 Å².